The molecule has 10 nitrogen and oxygen atoms in total. The molecule has 0 spiro atoms. The van der Waals surface area contributed by atoms with Crippen molar-refractivity contribution in [1.82, 2.24) is 15.2 Å². The van der Waals surface area contributed by atoms with E-state index in [9.17, 15) is 29.7 Å². The molecule has 2 aromatic rings. The maximum Gasteiger partial charge on any atom is 0.329 e. The van der Waals surface area contributed by atoms with E-state index in [4.69, 9.17) is 4.74 Å². The van der Waals surface area contributed by atoms with E-state index < -0.39 is 17.9 Å². The van der Waals surface area contributed by atoms with Gasteiger partial charge < -0.3 is 30.7 Å². The third kappa shape index (κ3) is 16.5. The number of hydrogen-bond acceptors (Lipinski definition) is 8. The monoisotopic (exact) mass is 705 g/mol. The highest BCUT2D eigenvalue weighted by molar-refractivity contribution is 7.99. The zero-order valence-corrected chi connectivity index (χ0v) is 29.8. The van der Waals surface area contributed by atoms with Crippen molar-refractivity contribution in [2.75, 3.05) is 19.4 Å². The average Bonchev–Trinajstić information content (AvgIpc) is 3.38. The molecule has 2 rings (SSSR count). The molecule has 1 aromatic heterocycles. The summed E-state index contributed by atoms with van der Waals surface area (Å²) < 4.78 is 6.03. The fourth-order valence-electron chi connectivity index (χ4n) is 4.46. The molecular weight excluding hydrogens is 655 g/mol. The number of benzene rings is 1. The Morgan fingerprint density at radius 2 is 1.40 bits per heavy atom. The Labute approximate surface area is 300 Å². The first-order valence-corrected chi connectivity index (χ1v) is 17.8. The van der Waals surface area contributed by atoms with Gasteiger partial charge in [0.15, 0.2) is 5.88 Å². The second kappa shape index (κ2) is 25.1. The second-order valence-corrected chi connectivity index (χ2v) is 12.1. The third-order valence-electron chi connectivity index (χ3n) is 7.15. The Balaban J connectivity index is 1.65. The lowest BCUT2D eigenvalue weighted by atomic mass is 10.2. The molecule has 5 N–H and O–H groups in total. The van der Waals surface area contributed by atoms with Crippen LogP contribution in [0.3, 0.4) is 0 Å². The highest BCUT2D eigenvalue weighted by Crippen LogP contribution is 2.35. The van der Waals surface area contributed by atoms with Gasteiger partial charge in [0.05, 0.1) is 17.6 Å². The molecule has 0 aliphatic heterocycles. The molecule has 1 unspecified atom stereocenters. The number of esters is 1. The quantitative estimate of drug-likeness (QED) is 0.0461. The van der Waals surface area contributed by atoms with Gasteiger partial charge in [-0.15, -0.1) is 11.8 Å². The van der Waals surface area contributed by atoms with E-state index in [1.165, 1.54) is 29.9 Å². The highest BCUT2D eigenvalue weighted by atomic mass is 32.2. The van der Waals surface area contributed by atoms with E-state index in [2.05, 4.69) is 78.3 Å². The van der Waals surface area contributed by atoms with Crippen LogP contribution in [0.15, 0.2) is 108 Å². The van der Waals surface area contributed by atoms with Crippen LogP contribution in [0.1, 0.15) is 68.6 Å². The lowest BCUT2D eigenvalue weighted by molar-refractivity contribution is -0.142. The highest BCUT2D eigenvalue weighted by Gasteiger charge is 2.25. The number of hydrogen-bond donors (Lipinski definition) is 5. The van der Waals surface area contributed by atoms with E-state index in [1.807, 2.05) is 12.2 Å². The summed E-state index contributed by atoms with van der Waals surface area (Å²) in [6.45, 7) is 2.44. The summed E-state index contributed by atoms with van der Waals surface area (Å²) in [6.07, 6.45) is 32.2. The predicted molar refractivity (Wildman–Crippen MR) is 200 cm³/mol. The van der Waals surface area contributed by atoms with Crippen LogP contribution < -0.4 is 10.6 Å². The van der Waals surface area contributed by atoms with Crippen LogP contribution in [0.2, 0.25) is 0 Å². The smallest absolute Gasteiger partial charge is 0.329 e. The SMILES string of the molecule is CCC=CCC=CCC=CCC=CCC=CCC=CCCC(=O)NCCn1c(O)cc(SCC(NC(=O)c2ccccc2O)C(=O)OC)c1O. The molecular formula is C39H51N3O7S. The van der Waals surface area contributed by atoms with Gasteiger partial charge in [-0.3, -0.25) is 14.2 Å². The van der Waals surface area contributed by atoms with Crippen molar-refractivity contribution in [3.63, 3.8) is 0 Å². The number of phenolic OH excluding ortho intramolecular Hbond substituents is 1. The lowest BCUT2D eigenvalue weighted by Crippen LogP contribution is -2.43. The topological polar surface area (TPSA) is 150 Å². The van der Waals surface area contributed by atoms with Crippen LogP contribution in [-0.2, 0) is 20.9 Å². The maximum atomic E-state index is 12.6. The van der Waals surface area contributed by atoms with Crippen molar-refractivity contribution < 1.29 is 34.4 Å². The first-order valence-electron chi connectivity index (χ1n) is 16.9. The molecule has 0 saturated heterocycles. The second-order valence-electron chi connectivity index (χ2n) is 11.0. The lowest BCUT2D eigenvalue weighted by Gasteiger charge is -2.16. The molecule has 0 saturated carbocycles. The number of amides is 2. The Hall–Kier alpha value is -4.90. The first-order chi connectivity index (χ1) is 24.3. The minimum Gasteiger partial charge on any atom is -0.507 e. The summed E-state index contributed by atoms with van der Waals surface area (Å²) in [4.78, 5) is 37.4. The summed E-state index contributed by atoms with van der Waals surface area (Å²) >= 11 is 1.03. The molecule has 0 aliphatic carbocycles. The maximum absolute atomic E-state index is 12.6. The molecule has 0 bridgehead atoms. The Morgan fingerprint density at radius 3 is 1.96 bits per heavy atom. The number of phenols is 1. The molecule has 0 fully saturated rings. The number of aromatic hydroxyl groups is 3. The molecule has 1 heterocycles. The van der Waals surface area contributed by atoms with Gasteiger partial charge in [-0.1, -0.05) is 92.0 Å². The van der Waals surface area contributed by atoms with E-state index in [0.29, 0.717) is 12.8 Å². The normalized spacial score (nSPS) is 12.7. The van der Waals surface area contributed by atoms with Crippen LogP contribution in [0.5, 0.6) is 17.5 Å². The van der Waals surface area contributed by atoms with Crippen molar-refractivity contribution in [3.8, 4) is 17.5 Å². The predicted octanol–water partition coefficient (Wildman–Crippen LogP) is 7.26. The molecule has 50 heavy (non-hydrogen) atoms. The van der Waals surface area contributed by atoms with Gasteiger partial charge in [-0.25, -0.2) is 4.79 Å². The number of thioether (sulfide) groups is 1. The number of nitrogens with zero attached hydrogens (tertiary/aromatic N) is 1. The number of carbonyl (C=O) groups excluding carboxylic acids is 3. The largest absolute Gasteiger partial charge is 0.507 e. The number of allylic oxidation sites excluding steroid dienone is 12. The molecule has 0 radical (unpaired) electrons. The zero-order valence-electron chi connectivity index (χ0n) is 29.0. The summed E-state index contributed by atoms with van der Waals surface area (Å²) in [5.74, 6) is -2.24. The van der Waals surface area contributed by atoms with E-state index in [1.54, 1.807) is 12.1 Å². The first kappa shape index (κ1) is 41.3. The zero-order chi connectivity index (χ0) is 36.4. The van der Waals surface area contributed by atoms with Crippen molar-refractivity contribution in [2.24, 2.45) is 0 Å². The molecule has 270 valence electrons. The summed E-state index contributed by atoms with van der Waals surface area (Å²) in [6, 6.07) is 6.16. The average molecular weight is 706 g/mol. The standard InChI is InChI=1S/C39H51N3O7S/c1-3-4-5-6-7-8-9-10-11-12-13-14-15-16-17-18-19-20-21-26-35(44)40-27-28-42-36(45)29-34(38(42)47)50-30-32(39(48)49-2)41-37(46)31-24-22-23-25-33(31)43/h4-5,7-8,10-11,13-14,16-17,19-20,22-25,29,32,43,45,47H,3,6,9,12,15,18,21,26-28,30H2,1-2H3,(H,40,44)(H,41,46). The summed E-state index contributed by atoms with van der Waals surface area (Å²) in [5.41, 5.74) is -0.00236. The number of methoxy groups -OCH3 is 1. The van der Waals surface area contributed by atoms with Crippen molar-refractivity contribution in [3.05, 3.63) is 109 Å². The fraction of sp³-hybridized carbons (Fsp3) is 0.359. The van der Waals surface area contributed by atoms with Crippen LogP contribution in [-0.4, -0.2) is 63.1 Å². The van der Waals surface area contributed by atoms with Crippen LogP contribution in [0, 0.1) is 0 Å². The van der Waals surface area contributed by atoms with Gasteiger partial charge in [0, 0.05) is 31.3 Å². The van der Waals surface area contributed by atoms with E-state index >= 15 is 0 Å². The van der Waals surface area contributed by atoms with Crippen LogP contribution >= 0.6 is 11.8 Å². The van der Waals surface area contributed by atoms with Gasteiger partial charge in [-0.2, -0.15) is 0 Å². The van der Waals surface area contributed by atoms with Gasteiger partial charge in [0.25, 0.3) is 5.91 Å². The van der Waals surface area contributed by atoms with Gasteiger partial charge in [0.1, 0.15) is 11.8 Å². The minimum absolute atomic E-state index is 0.00236. The summed E-state index contributed by atoms with van der Waals surface area (Å²) in [7, 11) is 1.18. The van der Waals surface area contributed by atoms with Crippen molar-refractivity contribution >= 4 is 29.5 Å². The fourth-order valence-corrected chi connectivity index (χ4v) is 5.46. The van der Waals surface area contributed by atoms with E-state index in [-0.39, 0.29) is 52.7 Å². The van der Waals surface area contributed by atoms with E-state index in [0.717, 1.165) is 50.3 Å². The summed E-state index contributed by atoms with van der Waals surface area (Å²) in [5, 5.41) is 36.3. The minimum atomic E-state index is -1.09. The molecule has 1 aromatic carbocycles. The number of rotatable bonds is 23. The Morgan fingerprint density at radius 1 is 0.840 bits per heavy atom. The van der Waals surface area contributed by atoms with Gasteiger partial charge in [0.2, 0.25) is 11.8 Å². The van der Waals surface area contributed by atoms with Crippen LogP contribution in [0.25, 0.3) is 0 Å². The Kier molecular flexibility index (Phi) is 20.7. The Bertz CT molecular complexity index is 1520. The van der Waals surface area contributed by atoms with Crippen molar-refractivity contribution in [2.45, 2.75) is 75.8 Å². The van der Waals surface area contributed by atoms with Crippen molar-refractivity contribution in [1.29, 1.82) is 0 Å². The van der Waals surface area contributed by atoms with Gasteiger partial charge in [-0.05, 0) is 57.1 Å². The number of nitrogens with one attached hydrogen (secondary N) is 2. The number of carbonyl (C=O) groups is 3. The molecule has 2 amide bonds. The number of aromatic nitrogens is 1. The van der Waals surface area contributed by atoms with Gasteiger partial charge >= 0.3 is 5.97 Å². The number of para-hydroxylation sites is 1. The number of ether oxygens (including phenoxy) is 1. The molecule has 1 atom stereocenters. The third-order valence-corrected chi connectivity index (χ3v) is 8.26. The van der Waals surface area contributed by atoms with Crippen LogP contribution in [0.4, 0.5) is 0 Å². The molecule has 0 aliphatic rings. The molecule has 11 heteroatoms.